The molecule has 1 aromatic carbocycles. The van der Waals surface area contributed by atoms with E-state index in [4.69, 9.17) is 18.5 Å². The van der Waals surface area contributed by atoms with Crippen LogP contribution in [0.1, 0.15) is 13.8 Å². The normalized spacial score (nSPS) is 14.8. The summed E-state index contributed by atoms with van der Waals surface area (Å²) in [5, 5.41) is 20.1. The summed E-state index contributed by atoms with van der Waals surface area (Å²) in [6.07, 6.45) is -2.54. The van der Waals surface area contributed by atoms with Crippen molar-refractivity contribution in [2.45, 2.75) is 26.1 Å². The zero-order valence-electron chi connectivity index (χ0n) is 17.0. The Labute approximate surface area is 175 Å². The van der Waals surface area contributed by atoms with E-state index >= 15 is 0 Å². The summed E-state index contributed by atoms with van der Waals surface area (Å²) < 4.78 is 33.5. The Morgan fingerprint density at radius 3 is 1.63 bits per heavy atom. The van der Waals surface area contributed by atoms with Crippen LogP contribution in [-0.4, -0.2) is 60.8 Å². The molecule has 2 unspecified atom stereocenters. The number of aliphatic hydroxyl groups excluding tert-OH is 2. The molecule has 0 spiro atoms. The van der Waals surface area contributed by atoms with Crippen molar-refractivity contribution in [3.05, 3.63) is 54.6 Å². The lowest BCUT2D eigenvalue weighted by atomic mass is 10.3. The molecule has 0 heterocycles. The Balaban J connectivity index is 2.70. The van der Waals surface area contributed by atoms with Crippen LogP contribution in [0.3, 0.4) is 0 Å². The fraction of sp³-hybridized carbons (Fsp3) is 0.400. The van der Waals surface area contributed by atoms with Crippen LogP contribution in [0.5, 0.6) is 0 Å². The van der Waals surface area contributed by atoms with Crippen LogP contribution < -0.4 is 5.30 Å². The molecule has 0 aromatic heterocycles. The Bertz CT molecular complexity index is 747. The maximum atomic E-state index is 13.2. The standard InChI is InChI=1S/C20H27O9P/c1-14(2)19(23)26-10-16(21)12-28-30(25,18-8-6-5-7-9-18)29-13-17(22)11-27-20(24)15(3)4/h5-9,16-17,21-22H,1,3,10-13H2,2,4H3. The Morgan fingerprint density at radius 1 is 0.867 bits per heavy atom. The third-order valence-electron chi connectivity index (χ3n) is 3.46. The predicted molar refractivity (Wildman–Crippen MR) is 109 cm³/mol. The second-order valence-corrected chi connectivity index (χ2v) is 8.52. The van der Waals surface area contributed by atoms with Crippen molar-refractivity contribution in [2.75, 3.05) is 26.4 Å². The molecule has 2 atom stereocenters. The van der Waals surface area contributed by atoms with Gasteiger partial charge in [-0.2, -0.15) is 0 Å². The Kier molecular flexibility index (Phi) is 10.7. The van der Waals surface area contributed by atoms with E-state index in [1.54, 1.807) is 18.2 Å². The van der Waals surface area contributed by atoms with E-state index in [1.165, 1.54) is 26.0 Å². The van der Waals surface area contributed by atoms with Crippen molar-refractivity contribution in [2.24, 2.45) is 0 Å². The highest BCUT2D eigenvalue weighted by molar-refractivity contribution is 7.62. The fourth-order valence-corrected chi connectivity index (χ4v) is 3.50. The lowest BCUT2D eigenvalue weighted by Crippen LogP contribution is -2.27. The number of hydrogen-bond donors (Lipinski definition) is 2. The number of hydrogen-bond acceptors (Lipinski definition) is 9. The van der Waals surface area contributed by atoms with Gasteiger partial charge in [0.05, 0.1) is 18.5 Å². The van der Waals surface area contributed by atoms with Crippen LogP contribution in [0.15, 0.2) is 54.6 Å². The minimum absolute atomic E-state index is 0.169. The van der Waals surface area contributed by atoms with Crippen molar-refractivity contribution >= 4 is 24.8 Å². The summed E-state index contributed by atoms with van der Waals surface area (Å²) in [4.78, 5) is 22.8. The summed E-state index contributed by atoms with van der Waals surface area (Å²) in [5.74, 6) is -1.35. The third-order valence-corrected chi connectivity index (χ3v) is 5.37. The van der Waals surface area contributed by atoms with Gasteiger partial charge in [0.2, 0.25) is 0 Å². The van der Waals surface area contributed by atoms with Crippen LogP contribution in [0.25, 0.3) is 0 Å². The predicted octanol–water partition coefficient (Wildman–Crippen LogP) is 1.50. The molecule has 166 valence electrons. The molecule has 0 radical (unpaired) electrons. The first-order valence-electron chi connectivity index (χ1n) is 9.01. The van der Waals surface area contributed by atoms with E-state index in [9.17, 15) is 24.4 Å². The molecule has 0 aliphatic rings. The number of ether oxygens (including phenoxy) is 2. The Morgan fingerprint density at radius 2 is 1.27 bits per heavy atom. The van der Waals surface area contributed by atoms with Gasteiger partial charge >= 0.3 is 19.5 Å². The first-order chi connectivity index (χ1) is 14.0. The molecule has 1 rings (SSSR count). The van der Waals surface area contributed by atoms with Crippen LogP contribution in [0.2, 0.25) is 0 Å². The van der Waals surface area contributed by atoms with Crippen molar-refractivity contribution in [3.63, 3.8) is 0 Å². The Hall–Kier alpha value is -2.29. The second kappa shape index (κ2) is 12.4. The highest BCUT2D eigenvalue weighted by Gasteiger charge is 2.30. The topological polar surface area (TPSA) is 129 Å². The van der Waals surface area contributed by atoms with Gasteiger partial charge in [-0.15, -0.1) is 0 Å². The summed E-state index contributed by atoms with van der Waals surface area (Å²) in [7, 11) is -3.95. The van der Waals surface area contributed by atoms with Crippen molar-refractivity contribution in [3.8, 4) is 0 Å². The molecule has 1 aromatic rings. The van der Waals surface area contributed by atoms with Gasteiger partial charge in [0.25, 0.3) is 0 Å². The van der Waals surface area contributed by atoms with E-state index in [1.807, 2.05) is 0 Å². The van der Waals surface area contributed by atoms with Gasteiger partial charge in [-0.3, -0.25) is 4.57 Å². The summed E-state index contributed by atoms with van der Waals surface area (Å²) in [6, 6.07) is 7.94. The quantitative estimate of drug-likeness (QED) is 0.265. The second-order valence-electron chi connectivity index (χ2n) is 6.49. The van der Waals surface area contributed by atoms with E-state index in [0.717, 1.165) is 0 Å². The summed E-state index contributed by atoms with van der Waals surface area (Å²) in [6.45, 7) is 8.06. The van der Waals surface area contributed by atoms with E-state index in [0.29, 0.717) is 0 Å². The number of rotatable bonds is 13. The molecule has 0 amide bonds. The molecule has 0 aliphatic heterocycles. The van der Waals surface area contributed by atoms with Crippen LogP contribution in [-0.2, 0) is 32.7 Å². The van der Waals surface area contributed by atoms with Crippen LogP contribution >= 0.6 is 7.60 Å². The number of benzene rings is 1. The van der Waals surface area contributed by atoms with Gasteiger partial charge in [0.15, 0.2) is 0 Å². The molecular weight excluding hydrogens is 415 g/mol. The monoisotopic (exact) mass is 442 g/mol. The highest BCUT2D eigenvalue weighted by atomic mass is 31.2. The van der Waals surface area contributed by atoms with Crippen molar-refractivity contribution < 1.29 is 42.9 Å². The zero-order chi connectivity index (χ0) is 22.7. The fourth-order valence-electron chi connectivity index (χ4n) is 1.85. The average Bonchev–Trinajstić information content (AvgIpc) is 2.73. The molecule has 30 heavy (non-hydrogen) atoms. The highest BCUT2D eigenvalue weighted by Crippen LogP contribution is 2.47. The minimum atomic E-state index is -3.95. The molecule has 10 heteroatoms. The third kappa shape index (κ3) is 9.02. The first kappa shape index (κ1) is 25.7. The smallest absolute Gasteiger partial charge is 0.361 e. The van der Waals surface area contributed by atoms with Gasteiger partial charge in [-0.05, 0) is 26.0 Å². The van der Waals surface area contributed by atoms with Crippen LogP contribution in [0.4, 0.5) is 0 Å². The van der Waals surface area contributed by atoms with Gasteiger partial charge in [0.1, 0.15) is 25.4 Å². The molecule has 0 bridgehead atoms. The number of carbonyl (C=O) groups excluding carboxylic acids is 2. The van der Waals surface area contributed by atoms with E-state index < -0.39 is 45.0 Å². The first-order valence-corrected chi connectivity index (χ1v) is 10.6. The largest absolute Gasteiger partial charge is 0.460 e. The van der Waals surface area contributed by atoms with Gasteiger partial charge in [-0.1, -0.05) is 31.4 Å². The molecule has 9 nitrogen and oxygen atoms in total. The lowest BCUT2D eigenvalue weighted by molar-refractivity contribution is -0.142. The maximum absolute atomic E-state index is 13.2. The summed E-state index contributed by atoms with van der Waals surface area (Å²) in [5.41, 5.74) is 0.338. The molecule has 2 N–H and O–H groups in total. The number of esters is 2. The SMILES string of the molecule is C=C(C)C(=O)OCC(O)COP(=O)(OCC(O)COC(=O)C(=C)C)c1ccccc1. The zero-order valence-corrected chi connectivity index (χ0v) is 17.9. The number of aliphatic hydroxyl groups is 2. The average molecular weight is 442 g/mol. The van der Waals surface area contributed by atoms with Gasteiger partial charge in [-0.25, -0.2) is 9.59 Å². The molecular formula is C20H27O9P. The van der Waals surface area contributed by atoms with Crippen LogP contribution in [0, 0.1) is 0 Å². The minimum Gasteiger partial charge on any atom is -0.460 e. The molecule has 0 saturated carbocycles. The molecule has 0 aliphatic carbocycles. The maximum Gasteiger partial charge on any atom is 0.361 e. The molecule has 0 fully saturated rings. The van der Waals surface area contributed by atoms with Gasteiger partial charge in [0, 0.05) is 11.1 Å². The van der Waals surface area contributed by atoms with Gasteiger partial charge < -0.3 is 28.7 Å². The summed E-state index contributed by atoms with van der Waals surface area (Å²) >= 11 is 0. The van der Waals surface area contributed by atoms with E-state index in [2.05, 4.69) is 13.2 Å². The van der Waals surface area contributed by atoms with Crippen molar-refractivity contribution in [1.29, 1.82) is 0 Å². The lowest BCUT2D eigenvalue weighted by Gasteiger charge is -2.22. The number of carbonyl (C=O) groups is 2. The molecule has 0 saturated heterocycles. The van der Waals surface area contributed by atoms with E-state index in [-0.39, 0.29) is 29.7 Å². The van der Waals surface area contributed by atoms with Crippen molar-refractivity contribution in [1.82, 2.24) is 0 Å².